The van der Waals surface area contributed by atoms with Crippen molar-refractivity contribution in [1.29, 1.82) is 0 Å². The van der Waals surface area contributed by atoms with Gasteiger partial charge in [-0.1, -0.05) is 6.07 Å². The highest BCUT2D eigenvalue weighted by atomic mass is 19.1. The number of halogens is 2. The molecule has 1 aliphatic heterocycles. The summed E-state index contributed by atoms with van der Waals surface area (Å²) in [6, 6.07) is 3.74. The van der Waals surface area contributed by atoms with E-state index in [1.54, 1.807) is 0 Å². The molecule has 0 aliphatic carbocycles. The zero-order valence-corrected chi connectivity index (χ0v) is 9.70. The van der Waals surface area contributed by atoms with Crippen LogP contribution in [0.5, 0.6) is 0 Å². The fourth-order valence-electron chi connectivity index (χ4n) is 2.22. The summed E-state index contributed by atoms with van der Waals surface area (Å²) in [6.07, 6.45) is 0.0858. The first-order valence-corrected chi connectivity index (χ1v) is 5.80. The Balaban J connectivity index is 2.05. The highest BCUT2D eigenvalue weighted by molar-refractivity contribution is 5.20. The molecule has 0 radical (unpaired) electrons. The van der Waals surface area contributed by atoms with Gasteiger partial charge in [0.2, 0.25) is 0 Å². The smallest absolute Gasteiger partial charge is 0.129 e. The highest BCUT2D eigenvalue weighted by Crippen LogP contribution is 2.25. The second kappa shape index (κ2) is 5.10. The van der Waals surface area contributed by atoms with Gasteiger partial charge in [-0.05, 0) is 25.5 Å². The van der Waals surface area contributed by atoms with Gasteiger partial charge in [-0.3, -0.25) is 0 Å². The van der Waals surface area contributed by atoms with Gasteiger partial charge < -0.3 is 9.84 Å². The molecular weight excluding hydrogens is 226 g/mol. The molecule has 1 heterocycles. The van der Waals surface area contributed by atoms with E-state index < -0.39 is 17.7 Å². The maximum absolute atomic E-state index is 13.4. The first-order valence-electron chi connectivity index (χ1n) is 5.80. The number of hydrogen-bond acceptors (Lipinski definition) is 2. The summed E-state index contributed by atoms with van der Waals surface area (Å²) in [7, 11) is 0. The lowest BCUT2D eigenvalue weighted by Gasteiger charge is -2.17. The zero-order valence-electron chi connectivity index (χ0n) is 9.70. The number of aliphatic hydroxyl groups is 1. The van der Waals surface area contributed by atoms with Crippen LogP contribution in [-0.4, -0.2) is 23.9 Å². The van der Waals surface area contributed by atoms with Gasteiger partial charge in [-0.25, -0.2) is 8.78 Å². The Morgan fingerprint density at radius 1 is 1.41 bits per heavy atom. The van der Waals surface area contributed by atoms with Crippen LogP contribution in [0, 0.1) is 17.6 Å². The van der Waals surface area contributed by atoms with Gasteiger partial charge in [0.15, 0.2) is 0 Å². The average molecular weight is 242 g/mol. The topological polar surface area (TPSA) is 29.5 Å². The van der Waals surface area contributed by atoms with Crippen LogP contribution in [0.4, 0.5) is 8.78 Å². The molecule has 0 spiro atoms. The van der Waals surface area contributed by atoms with Crippen LogP contribution in [0.15, 0.2) is 18.2 Å². The van der Waals surface area contributed by atoms with E-state index in [2.05, 4.69) is 0 Å². The van der Waals surface area contributed by atoms with E-state index in [-0.39, 0.29) is 24.0 Å². The first-order chi connectivity index (χ1) is 8.08. The summed E-state index contributed by atoms with van der Waals surface area (Å²) in [4.78, 5) is 0. The Morgan fingerprint density at radius 2 is 2.06 bits per heavy atom. The summed E-state index contributed by atoms with van der Waals surface area (Å²) >= 11 is 0. The quantitative estimate of drug-likeness (QED) is 0.881. The number of aliphatic hydroxyl groups excluding tert-OH is 1. The normalized spacial score (nSPS) is 26.1. The van der Waals surface area contributed by atoms with Crippen molar-refractivity contribution in [3.8, 4) is 0 Å². The second-order valence-corrected chi connectivity index (χ2v) is 4.61. The first kappa shape index (κ1) is 12.5. The maximum atomic E-state index is 13.4. The monoisotopic (exact) mass is 242 g/mol. The van der Waals surface area contributed by atoms with Crippen molar-refractivity contribution < 1.29 is 18.6 Å². The highest BCUT2D eigenvalue weighted by Gasteiger charge is 2.29. The lowest BCUT2D eigenvalue weighted by Crippen LogP contribution is -2.24. The predicted octanol–water partition coefficient (Wildman–Crippen LogP) is 2.29. The lowest BCUT2D eigenvalue weighted by atomic mass is 9.93. The zero-order chi connectivity index (χ0) is 12.4. The van der Waals surface area contributed by atoms with Gasteiger partial charge >= 0.3 is 0 Å². The SMILES string of the molecule is CC1CC(C(O)Cc2c(F)cccc2F)CO1. The summed E-state index contributed by atoms with van der Waals surface area (Å²) in [5.74, 6) is -1.24. The molecule has 1 aromatic carbocycles. The molecule has 94 valence electrons. The molecule has 0 aromatic heterocycles. The molecule has 4 heteroatoms. The molecule has 2 nitrogen and oxygen atoms in total. The van der Waals surface area contributed by atoms with Crippen LogP contribution in [0.3, 0.4) is 0 Å². The third-order valence-electron chi connectivity index (χ3n) is 3.25. The molecule has 1 aromatic rings. The minimum atomic E-state index is -0.758. The van der Waals surface area contributed by atoms with Gasteiger partial charge in [0.25, 0.3) is 0 Å². The molecule has 0 saturated carbocycles. The standard InChI is InChI=1S/C13H16F2O2/c1-8-5-9(7-17-8)13(16)6-10-11(14)3-2-4-12(10)15/h2-4,8-9,13,16H,5-7H2,1H3. The van der Waals surface area contributed by atoms with Crippen LogP contribution < -0.4 is 0 Å². The van der Waals surface area contributed by atoms with E-state index in [1.165, 1.54) is 18.2 Å². The molecule has 0 amide bonds. The molecule has 1 N–H and O–H groups in total. The fourth-order valence-corrected chi connectivity index (χ4v) is 2.22. The van der Waals surface area contributed by atoms with Gasteiger partial charge in [-0.15, -0.1) is 0 Å². The van der Waals surface area contributed by atoms with Crippen LogP contribution in [0.25, 0.3) is 0 Å². The average Bonchev–Trinajstić information content (AvgIpc) is 2.70. The molecule has 3 atom stereocenters. The third kappa shape index (κ3) is 2.82. The second-order valence-electron chi connectivity index (χ2n) is 4.61. The summed E-state index contributed by atoms with van der Waals surface area (Å²) in [5.41, 5.74) is -0.0421. The van der Waals surface area contributed by atoms with Gasteiger partial charge in [-0.2, -0.15) is 0 Å². The Hall–Kier alpha value is -1.00. The van der Waals surface area contributed by atoms with Crippen LogP contribution in [0.2, 0.25) is 0 Å². The van der Waals surface area contributed by atoms with Crippen molar-refractivity contribution in [3.05, 3.63) is 35.4 Å². The minimum absolute atomic E-state index is 0.000741. The fraction of sp³-hybridized carbons (Fsp3) is 0.538. The predicted molar refractivity (Wildman–Crippen MR) is 59.6 cm³/mol. The molecule has 1 saturated heterocycles. The maximum Gasteiger partial charge on any atom is 0.129 e. The Kier molecular flexibility index (Phi) is 3.74. The Morgan fingerprint density at radius 3 is 2.59 bits per heavy atom. The lowest BCUT2D eigenvalue weighted by molar-refractivity contribution is 0.0797. The van der Waals surface area contributed by atoms with Crippen LogP contribution in [-0.2, 0) is 11.2 Å². The van der Waals surface area contributed by atoms with E-state index in [0.29, 0.717) is 6.61 Å². The van der Waals surface area contributed by atoms with Crippen LogP contribution >= 0.6 is 0 Å². The summed E-state index contributed by atoms with van der Waals surface area (Å²) in [6.45, 7) is 2.38. The van der Waals surface area contributed by atoms with Gasteiger partial charge in [0.1, 0.15) is 11.6 Å². The molecular formula is C13H16F2O2. The minimum Gasteiger partial charge on any atom is -0.392 e. The summed E-state index contributed by atoms with van der Waals surface area (Å²) < 4.78 is 32.1. The summed E-state index contributed by atoms with van der Waals surface area (Å²) in [5, 5.41) is 9.96. The van der Waals surface area contributed by atoms with Crippen molar-refractivity contribution in [2.24, 2.45) is 5.92 Å². The molecule has 17 heavy (non-hydrogen) atoms. The molecule has 1 fully saturated rings. The third-order valence-corrected chi connectivity index (χ3v) is 3.25. The Labute approximate surface area is 99.2 Å². The van der Waals surface area contributed by atoms with Crippen molar-refractivity contribution in [3.63, 3.8) is 0 Å². The van der Waals surface area contributed by atoms with Gasteiger partial charge in [0.05, 0.1) is 18.8 Å². The van der Waals surface area contributed by atoms with Crippen molar-refractivity contribution in [2.75, 3.05) is 6.61 Å². The number of rotatable bonds is 3. The molecule has 3 unspecified atom stereocenters. The van der Waals surface area contributed by atoms with Gasteiger partial charge in [0, 0.05) is 17.9 Å². The van der Waals surface area contributed by atoms with Crippen molar-refractivity contribution >= 4 is 0 Å². The van der Waals surface area contributed by atoms with E-state index in [9.17, 15) is 13.9 Å². The van der Waals surface area contributed by atoms with Crippen molar-refractivity contribution in [1.82, 2.24) is 0 Å². The van der Waals surface area contributed by atoms with E-state index in [4.69, 9.17) is 4.74 Å². The number of ether oxygens (including phenoxy) is 1. The number of hydrogen-bond donors (Lipinski definition) is 1. The van der Waals surface area contributed by atoms with Crippen LogP contribution in [0.1, 0.15) is 18.9 Å². The largest absolute Gasteiger partial charge is 0.392 e. The molecule has 1 aliphatic rings. The van der Waals surface area contributed by atoms with E-state index >= 15 is 0 Å². The van der Waals surface area contributed by atoms with Crippen molar-refractivity contribution in [2.45, 2.75) is 32.0 Å². The number of benzene rings is 1. The molecule has 0 bridgehead atoms. The van der Waals surface area contributed by atoms with E-state index in [0.717, 1.165) is 6.42 Å². The molecule has 2 rings (SSSR count). The Bertz CT molecular complexity index is 375. The van der Waals surface area contributed by atoms with E-state index in [1.807, 2.05) is 6.92 Å².